The smallest absolute Gasteiger partial charge is 0.251 e. The third kappa shape index (κ3) is 4.57. The van der Waals surface area contributed by atoms with Crippen molar-refractivity contribution in [2.45, 2.75) is 33.1 Å². The fraction of sp³-hybridized carbons (Fsp3) is 0.429. The highest BCUT2D eigenvalue weighted by Crippen LogP contribution is 2.10. The van der Waals surface area contributed by atoms with Crippen LogP contribution >= 0.6 is 0 Å². The second-order valence-corrected chi connectivity index (χ2v) is 4.13. The average molecular weight is 248 g/mol. The predicted octanol–water partition coefficient (Wildman–Crippen LogP) is 2.57. The molecule has 0 aliphatic rings. The summed E-state index contributed by atoms with van der Waals surface area (Å²) in [5, 5.41) is 5.58. The van der Waals surface area contributed by atoms with Crippen molar-refractivity contribution in [1.29, 1.82) is 0 Å². The maximum absolute atomic E-state index is 11.6. The minimum absolute atomic E-state index is 0.000634. The van der Waals surface area contributed by atoms with Gasteiger partial charge in [0.05, 0.1) is 0 Å². The van der Waals surface area contributed by atoms with E-state index in [2.05, 4.69) is 10.6 Å². The molecular weight excluding hydrogens is 228 g/mol. The normalized spacial score (nSPS) is 9.89. The molecule has 0 radical (unpaired) electrons. The van der Waals surface area contributed by atoms with Crippen LogP contribution in [0.5, 0.6) is 0 Å². The van der Waals surface area contributed by atoms with Crippen molar-refractivity contribution in [3.8, 4) is 0 Å². The van der Waals surface area contributed by atoms with Gasteiger partial charge in [0.2, 0.25) is 5.91 Å². The van der Waals surface area contributed by atoms with Crippen molar-refractivity contribution in [1.82, 2.24) is 5.32 Å². The number of hydrogen-bond acceptors (Lipinski definition) is 2. The Kier molecular flexibility index (Phi) is 5.91. The van der Waals surface area contributed by atoms with E-state index in [9.17, 15) is 9.59 Å². The summed E-state index contributed by atoms with van der Waals surface area (Å²) in [5.41, 5.74) is 1.33. The summed E-state index contributed by atoms with van der Waals surface area (Å²) in [4.78, 5) is 23.0. The fourth-order valence-electron chi connectivity index (χ4n) is 1.50. The number of amides is 2. The molecule has 0 aliphatic heterocycles. The number of nitrogens with one attached hydrogen (secondary N) is 2. The Labute approximate surface area is 108 Å². The van der Waals surface area contributed by atoms with Crippen molar-refractivity contribution >= 4 is 17.5 Å². The summed E-state index contributed by atoms with van der Waals surface area (Å²) in [5.74, 6) is -0.0797. The summed E-state index contributed by atoms with van der Waals surface area (Å²) in [6, 6.07) is 6.92. The lowest BCUT2D eigenvalue weighted by Crippen LogP contribution is -2.23. The van der Waals surface area contributed by atoms with Crippen LogP contribution in [0.3, 0.4) is 0 Å². The van der Waals surface area contributed by atoms with Crippen molar-refractivity contribution < 1.29 is 9.59 Å². The van der Waals surface area contributed by atoms with Crippen LogP contribution in [0.2, 0.25) is 0 Å². The van der Waals surface area contributed by atoms with E-state index in [1.807, 2.05) is 13.8 Å². The highest BCUT2D eigenvalue weighted by Gasteiger charge is 2.05. The maximum atomic E-state index is 11.6. The van der Waals surface area contributed by atoms with Gasteiger partial charge in [0.25, 0.3) is 5.91 Å². The Hall–Kier alpha value is -1.84. The molecule has 1 rings (SSSR count). The van der Waals surface area contributed by atoms with Gasteiger partial charge >= 0.3 is 0 Å². The monoisotopic (exact) mass is 248 g/mol. The molecule has 98 valence electrons. The Morgan fingerprint density at radius 3 is 2.28 bits per heavy atom. The topological polar surface area (TPSA) is 58.2 Å². The number of benzene rings is 1. The molecule has 0 saturated carbocycles. The summed E-state index contributed by atoms with van der Waals surface area (Å²) < 4.78 is 0. The van der Waals surface area contributed by atoms with E-state index in [0.29, 0.717) is 18.5 Å². The van der Waals surface area contributed by atoms with E-state index < -0.39 is 0 Å². The molecule has 2 amide bonds. The quantitative estimate of drug-likeness (QED) is 0.813. The molecule has 0 bridgehead atoms. The van der Waals surface area contributed by atoms with Gasteiger partial charge in [-0.1, -0.05) is 13.8 Å². The average Bonchev–Trinajstić information content (AvgIpc) is 2.37. The Balaban J connectivity index is 2.57. The first kappa shape index (κ1) is 14.2. The molecule has 4 heteroatoms. The van der Waals surface area contributed by atoms with E-state index in [4.69, 9.17) is 0 Å². The third-order valence-electron chi connectivity index (χ3n) is 2.44. The first-order valence-electron chi connectivity index (χ1n) is 6.35. The Bertz CT molecular complexity index is 399. The molecule has 0 heterocycles. The standard InChI is InChI=1S/C14H20N2O2/c1-3-5-13(17)16-12-8-6-11(7-9-12)14(18)15-10-4-2/h6-9H,3-5,10H2,1-2H3,(H,15,18)(H,16,17). The molecule has 18 heavy (non-hydrogen) atoms. The third-order valence-corrected chi connectivity index (χ3v) is 2.44. The molecule has 0 fully saturated rings. The van der Waals surface area contributed by atoms with Crippen LogP contribution in [0.15, 0.2) is 24.3 Å². The van der Waals surface area contributed by atoms with Crippen molar-refractivity contribution in [3.05, 3.63) is 29.8 Å². The van der Waals surface area contributed by atoms with Crippen LogP contribution in [0, 0.1) is 0 Å². The van der Waals surface area contributed by atoms with Crippen LogP contribution in [-0.2, 0) is 4.79 Å². The Morgan fingerprint density at radius 1 is 1.06 bits per heavy atom. The SMILES string of the molecule is CCCNC(=O)c1ccc(NC(=O)CCC)cc1. The van der Waals surface area contributed by atoms with E-state index >= 15 is 0 Å². The number of rotatable bonds is 6. The van der Waals surface area contributed by atoms with E-state index in [-0.39, 0.29) is 11.8 Å². The summed E-state index contributed by atoms with van der Waals surface area (Å²) in [7, 11) is 0. The van der Waals surface area contributed by atoms with Gasteiger partial charge in [-0.15, -0.1) is 0 Å². The maximum Gasteiger partial charge on any atom is 0.251 e. The van der Waals surface area contributed by atoms with E-state index in [1.54, 1.807) is 24.3 Å². The molecule has 2 N–H and O–H groups in total. The largest absolute Gasteiger partial charge is 0.352 e. The molecule has 1 aromatic carbocycles. The summed E-state index contributed by atoms with van der Waals surface area (Å²) in [6.07, 6.45) is 2.25. The number of hydrogen-bond donors (Lipinski definition) is 2. The first-order valence-corrected chi connectivity index (χ1v) is 6.35. The molecule has 0 aromatic heterocycles. The van der Waals surface area contributed by atoms with Crippen LogP contribution in [0.1, 0.15) is 43.5 Å². The molecule has 0 atom stereocenters. The van der Waals surface area contributed by atoms with Gasteiger partial charge in [-0.3, -0.25) is 9.59 Å². The van der Waals surface area contributed by atoms with Crippen LogP contribution < -0.4 is 10.6 Å². The van der Waals surface area contributed by atoms with Crippen LogP contribution in [0.25, 0.3) is 0 Å². The minimum Gasteiger partial charge on any atom is -0.352 e. The second-order valence-electron chi connectivity index (χ2n) is 4.13. The lowest BCUT2D eigenvalue weighted by Gasteiger charge is -2.06. The molecule has 0 unspecified atom stereocenters. The number of carbonyl (C=O) groups excluding carboxylic acids is 2. The van der Waals surface area contributed by atoms with Gasteiger partial charge in [-0.25, -0.2) is 0 Å². The Morgan fingerprint density at radius 2 is 1.72 bits per heavy atom. The van der Waals surface area contributed by atoms with Gasteiger partial charge in [0.15, 0.2) is 0 Å². The summed E-state index contributed by atoms with van der Waals surface area (Å²) >= 11 is 0. The molecular formula is C14H20N2O2. The minimum atomic E-state index is -0.0803. The van der Waals surface area contributed by atoms with Gasteiger partial charge in [-0.05, 0) is 37.1 Å². The van der Waals surface area contributed by atoms with Crippen LogP contribution in [-0.4, -0.2) is 18.4 Å². The predicted molar refractivity (Wildman–Crippen MR) is 72.6 cm³/mol. The van der Waals surface area contributed by atoms with Gasteiger partial charge < -0.3 is 10.6 Å². The lowest BCUT2D eigenvalue weighted by molar-refractivity contribution is -0.116. The second kappa shape index (κ2) is 7.48. The fourth-order valence-corrected chi connectivity index (χ4v) is 1.50. The van der Waals surface area contributed by atoms with Crippen molar-refractivity contribution in [2.75, 3.05) is 11.9 Å². The molecule has 0 spiro atoms. The summed E-state index contributed by atoms with van der Waals surface area (Å²) in [6.45, 7) is 4.64. The molecule has 0 aliphatic carbocycles. The highest BCUT2D eigenvalue weighted by atomic mass is 16.2. The molecule has 4 nitrogen and oxygen atoms in total. The number of anilines is 1. The zero-order chi connectivity index (χ0) is 13.4. The van der Waals surface area contributed by atoms with Gasteiger partial charge in [-0.2, -0.15) is 0 Å². The van der Waals surface area contributed by atoms with E-state index in [1.165, 1.54) is 0 Å². The first-order chi connectivity index (χ1) is 8.67. The van der Waals surface area contributed by atoms with Crippen LogP contribution in [0.4, 0.5) is 5.69 Å². The molecule has 1 aromatic rings. The zero-order valence-corrected chi connectivity index (χ0v) is 11.0. The van der Waals surface area contributed by atoms with E-state index in [0.717, 1.165) is 18.5 Å². The lowest BCUT2D eigenvalue weighted by atomic mass is 10.2. The highest BCUT2D eigenvalue weighted by molar-refractivity contribution is 5.95. The van der Waals surface area contributed by atoms with Crippen molar-refractivity contribution in [3.63, 3.8) is 0 Å². The van der Waals surface area contributed by atoms with Gasteiger partial charge in [0, 0.05) is 24.2 Å². The zero-order valence-electron chi connectivity index (χ0n) is 11.0. The molecule has 0 saturated heterocycles. The van der Waals surface area contributed by atoms with Gasteiger partial charge in [0.1, 0.15) is 0 Å². The van der Waals surface area contributed by atoms with Crippen molar-refractivity contribution in [2.24, 2.45) is 0 Å². The number of carbonyl (C=O) groups is 2.